The van der Waals surface area contributed by atoms with E-state index in [4.69, 9.17) is 4.74 Å². The monoisotopic (exact) mass is 423 g/mol. The van der Waals surface area contributed by atoms with Crippen LogP contribution < -0.4 is 5.32 Å². The van der Waals surface area contributed by atoms with Gasteiger partial charge in [0, 0.05) is 59.0 Å². The van der Waals surface area contributed by atoms with Crippen LogP contribution in [0.4, 0.5) is 0 Å². The molecular formula is C25H33N3O3. The third-order valence-electron chi connectivity index (χ3n) is 5.49. The fraction of sp³-hybridized carbons (Fsp3) is 0.480. The van der Waals surface area contributed by atoms with Crippen molar-refractivity contribution in [3.63, 3.8) is 0 Å². The number of rotatable bonds is 11. The van der Waals surface area contributed by atoms with E-state index in [1.165, 1.54) is 0 Å². The number of hydrogen-bond acceptors (Lipinski definition) is 4. The highest BCUT2D eigenvalue weighted by atomic mass is 16.5. The van der Waals surface area contributed by atoms with Gasteiger partial charge in [-0.3, -0.25) is 9.78 Å². The Morgan fingerprint density at radius 1 is 1.10 bits per heavy atom. The molecule has 0 radical (unpaired) electrons. The van der Waals surface area contributed by atoms with Crippen molar-refractivity contribution in [3.05, 3.63) is 42.2 Å². The summed E-state index contributed by atoms with van der Waals surface area (Å²) in [5, 5.41) is 5.29. The Labute approximate surface area is 183 Å². The van der Waals surface area contributed by atoms with Crippen LogP contribution in [0.15, 0.2) is 36.7 Å². The maximum Gasteiger partial charge on any atom is 0.220 e. The molecule has 6 heteroatoms. The Morgan fingerprint density at radius 3 is 2.65 bits per heavy atom. The predicted octanol–water partition coefficient (Wildman–Crippen LogP) is 4.42. The Balaban J connectivity index is 1.46. The van der Waals surface area contributed by atoms with Crippen LogP contribution in [0.2, 0.25) is 0 Å². The fourth-order valence-corrected chi connectivity index (χ4v) is 3.57. The minimum absolute atomic E-state index is 0.0373. The maximum absolute atomic E-state index is 12.4. The molecule has 0 fully saturated rings. The average Bonchev–Trinajstić information content (AvgIpc) is 3.08. The quantitative estimate of drug-likeness (QED) is 0.447. The van der Waals surface area contributed by atoms with E-state index < -0.39 is 0 Å². The number of nitrogens with zero attached hydrogens (tertiary/aromatic N) is 1. The smallest absolute Gasteiger partial charge is 0.220 e. The summed E-state index contributed by atoms with van der Waals surface area (Å²) in [6.07, 6.45) is 6.19. The summed E-state index contributed by atoms with van der Waals surface area (Å²) >= 11 is 0. The van der Waals surface area contributed by atoms with E-state index in [1.807, 2.05) is 26.1 Å². The number of carbonyl (C=O) groups excluding carboxylic acids is 2. The van der Waals surface area contributed by atoms with Crippen LogP contribution in [-0.4, -0.2) is 41.9 Å². The van der Waals surface area contributed by atoms with Crippen molar-refractivity contribution >= 4 is 34.0 Å². The van der Waals surface area contributed by atoms with E-state index in [-0.39, 0.29) is 16.7 Å². The largest absolute Gasteiger partial charge is 0.380 e. The van der Waals surface area contributed by atoms with Gasteiger partial charge in [-0.2, -0.15) is 0 Å². The van der Waals surface area contributed by atoms with Gasteiger partial charge < -0.3 is 19.8 Å². The Morgan fingerprint density at radius 2 is 1.87 bits per heavy atom. The fourth-order valence-electron chi connectivity index (χ4n) is 3.57. The van der Waals surface area contributed by atoms with E-state index in [2.05, 4.69) is 47.3 Å². The molecule has 0 saturated carbocycles. The number of carbonyl (C=O) groups is 2. The van der Waals surface area contributed by atoms with Gasteiger partial charge in [0.05, 0.1) is 13.2 Å². The van der Waals surface area contributed by atoms with Crippen LogP contribution in [0.1, 0.15) is 46.1 Å². The number of aromatic amines is 1. The molecule has 2 heterocycles. The molecule has 166 valence electrons. The number of fused-ring (bicyclic) bond motifs is 3. The summed E-state index contributed by atoms with van der Waals surface area (Å²) in [6.45, 7) is 9.77. The molecule has 3 rings (SSSR count). The molecule has 0 atom stereocenters. The molecule has 2 aromatic heterocycles. The summed E-state index contributed by atoms with van der Waals surface area (Å²) in [5.41, 5.74) is 2.92. The first kappa shape index (κ1) is 22.9. The maximum atomic E-state index is 12.4. The van der Waals surface area contributed by atoms with Crippen LogP contribution in [-0.2, 0) is 20.7 Å². The number of amides is 1. The second-order valence-corrected chi connectivity index (χ2v) is 9.89. The highest BCUT2D eigenvalue weighted by molar-refractivity contribution is 6.06. The van der Waals surface area contributed by atoms with E-state index in [1.54, 1.807) is 6.20 Å². The first-order valence-corrected chi connectivity index (χ1v) is 10.8. The zero-order chi connectivity index (χ0) is 22.5. The third kappa shape index (κ3) is 6.37. The van der Waals surface area contributed by atoms with Crippen LogP contribution in [0, 0.1) is 10.8 Å². The lowest BCUT2D eigenvalue weighted by molar-refractivity contribution is -0.122. The molecule has 0 unspecified atom stereocenters. The van der Waals surface area contributed by atoms with Gasteiger partial charge in [-0.15, -0.1) is 0 Å². The van der Waals surface area contributed by atoms with Crippen molar-refractivity contribution in [1.82, 2.24) is 15.3 Å². The normalized spacial score (nSPS) is 12.4. The van der Waals surface area contributed by atoms with Gasteiger partial charge >= 0.3 is 0 Å². The van der Waals surface area contributed by atoms with E-state index >= 15 is 0 Å². The van der Waals surface area contributed by atoms with Gasteiger partial charge in [0.15, 0.2) is 0 Å². The van der Waals surface area contributed by atoms with Gasteiger partial charge in [0.1, 0.15) is 6.29 Å². The van der Waals surface area contributed by atoms with Gasteiger partial charge in [-0.1, -0.05) is 39.8 Å². The molecule has 3 aromatic rings. The van der Waals surface area contributed by atoms with E-state index in [9.17, 15) is 9.59 Å². The summed E-state index contributed by atoms with van der Waals surface area (Å²) in [5.74, 6) is 0.0373. The van der Waals surface area contributed by atoms with Crippen molar-refractivity contribution in [2.75, 3.05) is 19.8 Å². The number of hydrogen-bond donors (Lipinski definition) is 2. The molecule has 31 heavy (non-hydrogen) atoms. The molecular weight excluding hydrogens is 390 g/mol. The minimum Gasteiger partial charge on any atom is -0.380 e. The Bertz CT molecular complexity index is 1050. The molecule has 0 bridgehead atoms. The number of aryl methyl sites for hydroxylation is 1. The molecule has 0 saturated heterocycles. The molecule has 0 aliphatic carbocycles. The van der Waals surface area contributed by atoms with Crippen LogP contribution in [0.5, 0.6) is 0 Å². The van der Waals surface area contributed by atoms with Crippen molar-refractivity contribution in [1.29, 1.82) is 0 Å². The highest BCUT2D eigenvalue weighted by Gasteiger charge is 2.23. The summed E-state index contributed by atoms with van der Waals surface area (Å²) in [6, 6.07) is 8.25. The van der Waals surface area contributed by atoms with Crippen molar-refractivity contribution in [2.45, 2.75) is 47.0 Å². The van der Waals surface area contributed by atoms with Crippen LogP contribution in [0.25, 0.3) is 21.8 Å². The van der Waals surface area contributed by atoms with Crippen LogP contribution >= 0.6 is 0 Å². The van der Waals surface area contributed by atoms with E-state index in [0.717, 1.165) is 33.7 Å². The Kier molecular flexibility index (Phi) is 7.11. The standard InChI is InChI=1S/C25H33N3O3/c1-24(2,10-12-29)16-31-17-25(3,4)15-27-23(30)8-6-18-5-7-19-20-14-26-11-9-21(20)28-22(19)13-18/h5,7,9,11-14,28H,6,8,10,15-17H2,1-4H3,(H,27,30). The zero-order valence-corrected chi connectivity index (χ0v) is 19.0. The lowest BCUT2D eigenvalue weighted by atomic mass is 9.90. The molecule has 0 spiro atoms. The third-order valence-corrected chi connectivity index (χ3v) is 5.49. The summed E-state index contributed by atoms with van der Waals surface area (Å²) < 4.78 is 5.83. The highest BCUT2D eigenvalue weighted by Crippen LogP contribution is 2.25. The molecule has 1 amide bonds. The number of aldehydes is 1. The number of H-pyrrole nitrogens is 1. The number of ether oxygens (including phenoxy) is 1. The molecule has 6 nitrogen and oxygen atoms in total. The number of aromatic nitrogens is 2. The zero-order valence-electron chi connectivity index (χ0n) is 19.0. The molecule has 0 aliphatic rings. The molecule has 0 aliphatic heterocycles. The predicted molar refractivity (Wildman–Crippen MR) is 124 cm³/mol. The second-order valence-electron chi connectivity index (χ2n) is 9.89. The number of nitrogens with one attached hydrogen (secondary N) is 2. The lowest BCUT2D eigenvalue weighted by Crippen LogP contribution is -2.37. The second kappa shape index (κ2) is 9.60. The van der Waals surface area contributed by atoms with Gasteiger partial charge in [-0.25, -0.2) is 0 Å². The molecule has 1 aromatic carbocycles. The van der Waals surface area contributed by atoms with Gasteiger partial charge in [-0.05, 0) is 29.5 Å². The first-order chi connectivity index (χ1) is 14.7. The Hall–Kier alpha value is -2.73. The lowest BCUT2D eigenvalue weighted by Gasteiger charge is -2.28. The first-order valence-electron chi connectivity index (χ1n) is 10.8. The number of benzene rings is 1. The van der Waals surface area contributed by atoms with Crippen LogP contribution in [0.3, 0.4) is 0 Å². The SMILES string of the molecule is CC(C)(CC=O)COCC(C)(C)CNC(=O)CCc1ccc2c(c1)[nH]c1ccncc12. The van der Waals surface area contributed by atoms with E-state index in [0.29, 0.717) is 39.0 Å². The summed E-state index contributed by atoms with van der Waals surface area (Å²) in [4.78, 5) is 30.7. The van der Waals surface area contributed by atoms with Gasteiger partial charge in [0.25, 0.3) is 0 Å². The summed E-state index contributed by atoms with van der Waals surface area (Å²) in [7, 11) is 0. The van der Waals surface area contributed by atoms with Crippen molar-refractivity contribution < 1.29 is 14.3 Å². The van der Waals surface area contributed by atoms with Gasteiger partial charge in [0.2, 0.25) is 5.91 Å². The average molecular weight is 424 g/mol. The molecule has 2 N–H and O–H groups in total. The van der Waals surface area contributed by atoms with Crippen molar-refractivity contribution in [2.24, 2.45) is 10.8 Å². The topological polar surface area (TPSA) is 84.1 Å². The van der Waals surface area contributed by atoms with Crippen molar-refractivity contribution in [3.8, 4) is 0 Å². The minimum atomic E-state index is -0.176. The number of pyridine rings is 1.